The Balaban J connectivity index is 1.89. The van der Waals surface area contributed by atoms with Gasteiger partial charge in [-0.2, -0.15) is 0 Å². The Hall–Kier alpha value is -1.92. The summed E-state index contributed by atoms with van der Waals surface area (Å²) in [5, 5.41) is 0.539. The molecule has 3 rings (SSSR count). The van der Waals surface area contributed by atoms with Crippen molar-refractivity contribution >= 4 is 27.3 Å². The third kappa shape index (κ3) is 3.06. The van der Waals surface area contributed by atoms with E-state index < -0.39 is 10.0 Å². The molecule has 0 aromatic heterocycles. The van der Waals surface area contributed by atoms with Crippen LogP contribution in [-0.4, -0.2) is 21.6 Å². The number of benzene rings is 2. The summed E-state index contributed by atoms with van der Waals surface area (Å²) in [6.45, 7) is 0.864. The van der Waals surface area contributed by atoms with E-state index in [0.29, 0.717) is 35.4 Å². The number of nitrogens with one attached hydrogen (secondary N) is 1. The molecule has 0 radical (unpaired) electrons. The van der Waals surface area contributed by atoms with Crippen molar-refractivity contribution in [3.05, 3.63) is 47.5 Å². The first-order valence-electron chi connectivity index (χ1n) is 6.23. The minimum Gasteiger partial charge on any atom is -0.486 e. The van der Waals surface area contributed by atoms with Crippen molar-refractivity contribution in [1.29, 1.82) is 0 Å². The van der Waals surface area contributed by atoms with Crippen LogP contribution in [0.25, 0.3) is 0 Å². The Morgan fingerprint density at radius 1 is 0.952 bits per heavy atom. The lowest BCUT2D eigenvalue weighted by Crippen LogP contribution is -2.17. The van der Waals surface area contributed by atoms with Gasteiger partial charge in [0.05, 0.1) is 4.90 Å². The summed E-state index contributed by atoms with van der Waals surface area (Å²) in [4.78, 5) is 0.113. The second kappa shape index (κ2) is 5.46. The molecule has 0 amide bonds. The van der Waals surface area contributed by atoms with Crippen molar-refractivity contribution in [3.63, 3.8) is 0 Å². The van der Waals surface area contributed by atoms with E-state index in [4.69, 9.17) is 21.1 Å². The van der Waals surface area contributed by atoms with Gasteiger partial charge in [-0.1, -0.05) is 11.6 Å². The molecule has 0 unspecified atom stereocenters. The predicted octanol–water partition coefficient (Wildman–Crippen LogP) is 2.91. The molecule has 0 spiro atoms. The molecule has 5 nitrogen and oxygen atoms in total. The molecule has 0 saturated carbocycles. The first-order chi connectivity index (χ1) is 10.0. The molecule has 1 N–H and O–H groups in total. The first kappa shape index (κ1) is 14.0. The maximum absolute atomic E-state index is 12.3. The number of ether oxygens (including phenoxy) is 2. The number of fused-ring (bicyclic) bond motifs is 1. The van der Waals surface area contributed by atoms with Gasteiger partial charge in [-0.25, -0.2) is 8.42 Å². The Kier molecular flexibility index (Phi) is 3.65. The van der Waals surface area contributed by atoms with Crippen molar-refractivity contribution in [2.24, 2.45) is 0 Å². The summed E-state index contributed by atoms with van der Waals surface area (Å²) >= 11 is 5.77. The summed E-state index contributed by atoms with van der Waals surface area (Å²) in [7, 11) is -3.69. The molecule has 21 heavy (non-hydrogen) atoms. The maximum atomic E-state index is 12.3. The first-order valence-corrected chi connectivity index (χ1v) is 8.09. The van der Waals surface area contributed by atoms with Gasteiger partial charge in [-0.15, -0.1) is 0 Å². The molecule has 1 aliphatic rings. The van der Waals surface area contributed by atoms with Gasteiger partial charge >= 0.3 is 0 Å². The highest BCUT2D eigenvalue weighted by molar-refractivity contribution is 7.92. The summed E-state index contributed by atoms with van der Waals surface area (Å²) in [5.74, 6) is 0.979. The lowest BCUT2D eigenvalue weighted by molar-refractivity contribution is 0.171. The van der Waals surface area contributed by atoms with Gasteiger partial charge in [-0.3, -0.25) is 4.72 Å². The summed E-state index contributed by atoms with van der Waals surface area (Å²) < 4.78 is 37.9. The van der Waals surface area contributed by atoms with E-state index >= 15 is 0 Å². The average molecular weight is 326 g/mol. The number of rotatable bonds is 3. The summed E-state index contributed by atoms with van der Waals surface area (Å²) in [5.41, 5.74) is 0.439. The van der Waals surface area contributed by atoms with Crippen LogP contribution in [0.15, 0.2) is 47.4 Å². The molecule has 0 bridgehead atoms. The molecule has 110 valence electrons. The summed E-state index contributed by atoms with van der Waals surface area (Å²) in [6, 6.07) is 10.9. The Morgan fingerprint density at radius 2 is 1.62 bits per heavy atom. The second-order valence-electron chi connectivity index (χ2n) is 4.42. The topological polar surface area (TPSA) is 64.6 Å². The zero-order valence-corrected chi connectivity index (χ0v) is 12.4. The quantitative estimate of drug-likeness (QED) is 0.942. The molecular weight excluding hydrogens is 314 g/mol. The van der Waals surface area contributed by atoms with E-state index in [1.165, 1.54) is 12.1 Å². The van der Waals surface area contributed by atoms with Crippen LogP contribution in [0.1, 0.15) is 0 Å². The lowest BCUT2D eigenvalue weighted by atomic mass is 10.3. The van der Waals surface area contributed by atoms with Crippen LogP contribution in [-0.2, 0) is 10.0 Å². The maximum Gasteiger partial charge on any atom is 0.262 e. The standard InChI is InChI=1S/C14H12ClNO4S/c15-10-1-3-11(4-2-10)16-21(17,18)12-5-6-13-14(9-12)20-8-7-19-13/h1-6,9,16H,7-8H2. The van der Waals surface area contributed by atoms with Crippen molar-refractivity contribution in [3.8, 4) is 11.5 Å². The van der Waals surface area contributed by atoms with Crippen LogP contribution in [0.3, 0.4) is 0 Å². The van der Waals surface area contributed by atoms with E-state index in [1.807, 2.05) is 0 Å². The van der Waals surface area contributed by atoms with Gasteiger partial charge in [0.25, 0.3) is 10.0 Å². The van der Waals surface area contributed by atoms with Gasteiger partial charge in [0.1, 0.15) is 13.2 Å². The fraction of sp³-hybridized carbons (Fsp3) is 0.143. The molecular formula is C14H12ClNO4S. The highest BCUT2D eigenvalue weighted by atomic mass is 35.5. The lowest BCUT2D eigenvalue weighted by Gasteiger charge is -2.19. The Morgan fingerprint density at radius 3 is 2.33 bits per heavy atom. The van der Waals surface area contributed by atoms with Crippen LogP contribution in [0, 0.1) is 0 Å². The second-order valence-corrected chi connectivity index (χ2v) is 6.54. The smallest absolute Gasteiger partial charge is 0.262 e. The molecule has 0 aliphatic carbocycles. The van der Waals surface area contributed by atoms with Gasteiger partial charge < -0.3 is 9.47 Å². The van der Waals surface area contributed by atoms with Crippen molar-refractivity contribution < 1.29 is 17.9 Å². The van der Waals surface area contributed by atoms with Gasteiger partial charge in [0.15, 0.2) is 11.5 Å². The van der Waals surface area contributed by atoms with E-state index in [9.17, 15) is 8.42 Å². The van der Waals surface area contributed by atoms with Crippen LogP contribution in [0.2, 0.25) is 5.02 Å². The molecule has 0 fully saturated rings. The third-order valence-corrected chi connectivity index (χ3v) is 4.55. The predicted molar refractivity (Wildman–Crippen MR) is 79.7 cm³/mol. The number of sulfonamides is 1. The van der Waals surface area contributed by atoms with Crippen molar-refractivity contribution in [2.75, 3.05) is 17.9 Å². The van der Waals surface area contributed by atoms with E-state index in [0.717, 1.165) is 0 Å². The minimum atomic E-state index is -3.69. The van der Waals surface area contributed by atoms with Gasteiger partial charge in [-0.05, 0) is 36.4 Å². The molecule has 0 saturated heterocycles. The van der Waals surface area contributed by atoms with Crippen LogP contribution in [0.4, 0.5) is 5.69 Å². The molecule has 1 heterocycles. The highest BCUT2D eigenvalue weighted by Gasteiger charge is 2.19. The number of hydrogen-bond acceptors (Lipinski definition) is 4. The highest BCUT2D eigenvalue weighted by Crippen LogP contribution is 2.32. The monoisotopic (exact) mass is 325 g/mol. The van der Waals surface area contributed by atoms with E-state index in [1.54, 1.807) is 30.3 Å². The van der Waals surface area contributed by atoms with Gasteiger partial charge in [0.2, 0.25) is 0 Å². The SMILES string of the molecule is O=S(=O)(Nc1ccc(Cl)cc1)c1ccc2c(c1)OCCO2. The van der Waals surface area contributed by atoms with Crippen molar-refractivity contribution in [1.82, 2.24) is 0 Å². The largest absolute Gasteiger partial charge is 0.486 e. The third-order valence-electron chi connectivity index (χ3n) is 2.92. The number of anilines is 1. The average Bonchev–Trinajstić information content (AvgIpc) is 2.49. The van der Waals surface area contributed by atoms with E-state index in [-0.39, 0.29) is 4.90 Å². The number of hydrogen-bond donors (Lipinski definition) is 1. The molecule has 7 heteroatoms. The minimum absolute atomic E-state index is 0.113. The van der Waals surface area contributed by atoms with Crippen LogP contribution in [0.5, 0.6) is 11.5 Å². The Labute approximate surface area is 127 Å². The fourth-order valence-corrected chi connectivity index (χ4v) is 3.12. The van der Waals surface area contributed by atoms with Crippen molar-refractivity contribution in [2.45, 2.75) is 4.90 Å². The summed E-state index contributed by atoms with van der Waals surface area (Å²) in [6.07, 6.45) is 0. The molecule has 0 atom stereocenters. The normalized spacial score (nSPS) is 13.8. The Bertz CT molecular complexity index is 759. The molecule has 2 aromatic carbocycles. The zero-order valence-electron chi connectivity index (χ0n) is 10.9. The van der Waals surface area contributed by atoms with E-state index in [2.05, 4.69) is 4.72 Å². The molecule has 1 aliphatic heterocycles. The number of halogens is 1. The fourth-order valence-electron chi connectivity index (χ4n) is 1.92. The molecule has 2 aromatic rings. The van der Waals surface area contributed by atoms with Crippen LogP contribution >= 0.6 is 11.6 Å². The van der Waals surface area contributed by atoms with Gasteiger partial charge in [0, 0.05) is 16.8 Å². The van der Waals surface area contributed by atoms with Crippen LogP contribution < -0.4 is 14.2 Å². The zero-order chi connectivity index (χ0) is 14.9.